The van der Waals surface area contributed by atoms with Gasteiger partial charge in [0.15, 0.2) is 0 Å². The minimum absolute atomic E-state index is 0.218. The maximum atomic E-state index is 12.9. The number of aromatic amines is 1. The summed E-state index contributed by atoms with van der Waals surface area (Å²) in [7, 11) is 0. The van der Waals surface area contributed by atoms with Gasteiger partial charge in [-0.25, -0.2) is 9.37 Å². The minimum atomic E-state index is -0.327. The molecule has 1 aromatic heterocycles. The Morgan fingerprint density at radius 3 is 2.58 bits per heavy atom. The Morgan fingerprint density at radius 1 is 1.11 bits per heavy atom. The first-order valence-electron chi connectivity index (χ1n) is 5.75. The Balaban J connectivity index is 2.25. The first kappa shape index (κ1) is 11.6. The van der Waals surface area contributed by atoms with E-state index in [9.17, 15) is 9.18 Å². The number of rotatable bonds is 1. The lowest BCUT2D eigenvalue weighted by Gasteiger charge is -2.03. The van der Waals surface area contributed by atoms with E-state index in [-0.39, 0.29) is 11.4 Å². The molecule has 0 atom stereocenters. The summed E-state index contributed by atoms with van der Waals surface area (Å²) >= 11 is 0. The highest BCUT2D eigenvalue weighted by atomic mass is 19.1. The Bertz CT molecular complexity index is 806. The highest BCUT2D eigenvalue weighted by Gasteiger charge is 2.06. The van der Waals surface area contributed by atoms with Crippen molar-refractivity contribution in [2.75, 3.05) is 0 Å². The van der Waals surface area contributed by atoms with Crippen molar-refractivity contribution in [1.29, 1.82) is 0 Å². The zero-order valence-electron chi connectivity index (χ0n) is 9.98. The van der Waals surface area contributed by atoms with E-state index in [4.69, 9.17) is 0 Å². The highest BCUT2D eigenvalue weighted by Crippen LogP contribution is 2.17. The van der Waals surface area contributed by atoms with Crippen LogP contribution in [0.3, 0.4) is 0 Å². The Morgan fingerprint density at radius 2 is 1.84 bits per heavy atom. The highest BCUT2D eigenvalue weighted by molar-refractivity contribution is 5.80. The molecule has 4 heteroatoms. The molecule has 93 valence electrons. The number of nitrogens with one attached hydrogen (secondary N) is 1. The average Bonchev–Trinajstić information content (AvgIpc) is 2.38. The SMILES string of the molecule is [CH2]c1ccc2c(=O)[nH]c(-c3ccc(F)cc3)nc2c1. The summed E-state index contributed by atoms with van der Waals surface area (Å²) in [4.78, 5) is 19.0. The van der Waals surface area contributed by atoms with Crippen LogP contribution >= 0.6 is 0 Å². The van der Waals surface area contributed by atoms with Gasteiger partial charge < -0.3 is 4.98 Å². The van der Waals surface area contributed by atoms with E-state index in [1.165, 1.54) is 12.1 Å². The van der Waals surface area contributed by atoms with Gasteiger partial charge in [-0.05, 0) is 48.9 Å². The number of hydrogen-bond acceptors (Lipinski definition) is 2. The number of nitrogens with zero attached hydrogens (tertiary/aromatic N) is 1. The van der Waals surface area contributed by atoms with Gasteiger partial charge in [-0.1, -0.05) is 6.07 Å². The minimum Gasteiger partial charge on any atom is -0.306 e. The van der Waals surface area contributed by atoms with E-state index < -0.39 is 0 Å². The molecule has 0 fully saturated rings. The molecule has 1 heterocycles. The second kappa shape index (κ2) is 4.31. The molecule has 0 aliphatic carbocycles. The maximum absolute atomic E-state index is 12.9. The van der Waals surface area contributed by atoms with Crippen molar-refractivity contribution in [3.63, 3.8) is 0 Å². The number of H-pyrrole nitrogens is 1. The first-order chi connectivity index (χ1) is 9.13. The van der Waals surface area contributed by atoms with Gasteiger partial charge in [-0.15, -0.1) is 0 Å². The lowest BCUT2D eigenvalue weighted by Crippen LogP contribution is -2.09. The Labute approximate surface area is 108 Å². The van der Waals surface area contributed by atoms with Crippen molar-refractivity contribution in [1.82, 2.24) is 9.97 Å². The largest absolute Gasteiger partial charge is 0.306 e. The molecular formula is C15H10FN2O. The topological polar surface area (TPSA) is 45.8 Å². The number of halogens is 1. The third-order valence-electron chi connectivity index (χ3n) is 2.89. The summed E-state index contributed by atoms with van der Waals surface area (Å²) in [6.45, 7) is 3.81. The quantitative estimate of drug-likeness (QED) is 0.724. The zero-order valence-corrected chi connectivity index (χ0v) is 9.98. The first-order valence-corrected chi connectivity index (χ1v) is 5.75. The molecule has 0 aliphatic heterocycles. The van der Waals surface area contributed by atoms with E-state index in [0.717, 1.165) is 5.56 Å². The molecule has 3 nitrogen and oxygen atoms in total. The van der Waals surface area contributed by atoms with Crippen LogP contribution in [0, 0.1) is 12.7 Å². The number of aromatic nitrogens is 2. The fourth-order valence-corrected chi connectivity index (χ4v) is 1.93. The van der Waals surface area contributed by atoms with Gasteiger partial charge in [0.2, 0.25) is 0 Å². The summed E-state index contributed by atoms with van der Waals surface area (Å²) in [5.41, 5.74) is 1.81. The van der Waals surface area contributed by atoms with E-state index in [2.05, 4.69) is 16.9 Å². The molecule has 0 unspecified atom stereocenters. The molecule has 19 heavy (non-hydrogen) atoms. The monoisotopic (exact) mass is 253 g/mol. The molecule has 0 spiro atoms. The predicted octanol–water partition coefficient (Wildman–Crippen LogP) is 2.91. The molecule has 0 saturated carbocycles. The molecule has 0 bridgehead atoms. The lowest BCUT2D eigenvalue weighted by molar-refractivity contribution is 0.628. The Kier molecular flexibility index (Phi) is 2.63. The van der Waals surface area contributed by atoms with Gasteiger partial charge in [0, 0.05) is 5.56 Å². The summed E-state index contributed by atoms with van der Waals surface area (Å²) in [5, 5.41) is 0.512. The number of benzene rings is 2. The summed E-state index contributed by atoms with van der Waals surface area (Å²) in [6, 6.07) is 11.0. The standard InChI is InChI=1S/C15H10FN2O/c1-9-2-7-12-13(8-9)17-14(18-15(12)19)10-3-5-11(16)6-4-10/h2-8H,1H2,(H,17,18,19). The predicted molar refractivity (Wildman–Crippen MR) is 72.2 cm³/mol. The summed E-state index contributed by atoms with van der Waals surface area (Å²) in [5.74, 6) is 0.0926. The van der Waals surface area contributed by atoms with Crippen LogP contribution in [0.25, 0.3) is 22.3 Å². The second-order valence-corrected chi connectivity index (χ2v) is 4.27. The van der Waals surface area contributed by atoms with Crippen molar-refractivity contribution in [3.8, 4) is 11.4 Å². The van der Waals surface area contributed by atoms with Crippen molar-refractivity contribution in [2.24, 2.45) is 0 Å². The van der Waals surface area contributed by atoms with Gasteiger partial charge in [-0.3, -0.25) is 4.79 Å². The van der Waals surface area contributed by atoms with E-state index >= 15 is 0 Å². The van der Waals surface area contributed by atoms with Crippen molar-refractivity contribution in [2.45, 2.75) is 0 Å². The van der Waals surface area contributed by atoms with Gasteiger partial charge in [0.05, 0.1) is 10.9 Å². The third kappa shape index (κ3) is 2.12. The normalized spacial score (nSPS) is 10.8. The van der Waals surface area contributed by atoms with Crippen LogP contribution in [0.15, 0.2) is 47.3 Å². The van der Waals surface area contributed by atoms with Gasteiger partial charge in [-0.2, -0.15) is 0 Å². The summed E-state index contributed by atoms with van der Waals surface area (Å²) in [6.07, 6.45) is 0. The molecule has 0 amide bonds. The number of hydrogen-bond donors (Lipinski definition) is 1. The van der Waals surface area contributed by atoms with Crippen LogP contribution < -0.4 is 5.56 Å². The van der Waals surface area contributed by atoms with Crippen molar-refractivity contribution < 1.29 is 4.39 Å². The third-order valence-corrected chi connectivity index (χ3v) is 2.89. The smallest absolute Gasteiger partial charge is 0.259 e. The van der Waals surface area contributed by atoms with E-state index in [0.29, 0.717) is 22.3 Å². The van der Waals surface area contributed by atoms with Crippen LogP contribution in [0.4, 0.5) is 4.39 Å². The van der Waals surface area contributed by atoms with Crippen molar-refractivity contribution in [3.05, 3.63) is 71.1 Å². The summed E-state index contributed by atoms with van der Waals surface area (Å²) < 4.78 is 12.9. The van der Waals surface area contributed by atoms with Crippen molar-refractivity contribution >= 4 is 10.9 Å². The Hall–Kier alpha value is -2.49. The van der Waals surface area contributed by atoms with Crippen LogP contribution in [0.1, 0.15) is 5.56 Å². The van der Waals surface area contributed by atoms with E-state index in [1.54, 1.807) is 30.3 Å². The maximum Gasteiger partial charge on any atom is 0.259 e. The number of fused-ring (bicyclic) bond motifs is 1. The molecule has 3 aromatic rings. The average molecular weight is 253 g/mol. The molecule has 0 aliphatic rings. The molecule has 1 radical (unpaired) electrons. The molecule has 1 N–H and O–H groups in total. The van der Waals surface area contributed by atoms with Gasteiger partial charge in [0.1, 0.15) is 11.6 Å². The van der Waals surface area contributed by atoms with Crippen LogP contribution in [-0.2, 0) is 0 Å². The lowest BCUT2D eigenvalue weighted by atomic mass is 10.1. The van der Waals surface area contributed by atoms with Gasteiger partial charge >= 0.3 is 0 Å². The van der Waals surface area contributed by atoms with Crippen LogP contribution in [-0.4, -0.2) is 9.97 Å². The van der Waals surface area contributed by atoms with Gasteiger partial charge in [0.25, 0.3) is 5.56 Å². The fraction of sp³-hybridized carbons (Fsp3) is 0. The zero-order chi connectivity index (χ0) is 13.4. The van der Waals surface area contributed by atoms with E-state index in [1.807, 2.05) is 0 Å². The molecule has 0 saturated heterocycles. The van der Waals surface area contributed by atoms with Crippen LogP contribution in [0.2, 0.25) is 0 Å². The molecular weight excluding hydrogens is 243 g/mol. The molecule has 3 rings (SSSR count). The fourth-order valence-electron chi connectivity index (χ4n) is 1.93. The molecule has 2 aromatic carbocycles. The van der Waals surface area contributed by atoms with Crippen LogP contribution in [0.5, 0.6) is 0 Å². The second-order valence-electron chi connectivity index (χ2n) is 4.27.